The molecule has 0 bridgehead atoms. The van der Waals surface area contributed by atoms with E-state index in [0.29, 0.717) is 11.7 Å². The number of rotatable bonds is 6. The number of hydrogen-bond acceptors (Lipinski definition) is 1. The van der Waals surface area contributed by atoms with Crippen molar-refractivity contribution in [2.75, 3.05) is 0 Å². The minimum absolute atomic E-state index is 0.448. The van der Waals surface area contributed by atoms with E-state index in [-0.39, 0.29) is 0 Å². The van der Waals surface area contributed by atoms with Gasteiger partial charge in [0.25, 0.3) is 0 Å². The second-order valence-corrected chi connectivity index (χ2v) is 4.92. The Hall–Kier alpha value is -0.590. The third kappa shape index (κ3) is 5.15. The van der Waals surface area contributed by atoms with Crippen LogP contribution in [0.2, 0.25) is 0 Å². The summed E-state index contributed by atoms with van der Waals surface area (Å²) in [6.07, 6.45) is 11.1. The van der Waals surface area contributed by atoms with Crippen molar-refractivity contribution in [2.45, 2.75) is 65.2 Å². The smallest absolute Gasteiger partial charge is 0.137 e. The van der Waals surface area contributed by atoms with Gasteiger partial charge in [0, 0.05) is 12.8 Å². The summed E-state index contributed by atoms with van der Waals surface area (Å²) in [5.74, 6) is 1.02. The molecule has 0 aromatic rings. The van der Waals surface area contributed by atoms with Gasteiger partial charge < -0.3 is 0 Å². The summed E-state index contributed by atoms with van der Waals surface area (Å²) in [6, 6.07) is 0. The second-order valence-electron chi connectivity index (χ2n) is 4.92. The highest BCUT2D eigenvalue weighted by atomic mass is 16.1. The van der Waals surface area contributed by atoms with Gasteiger partial charge in [0.1, 0.15) is 5.78 Å². The Balaban J connectivity index is 2.25. The third-order valence-corrected chi connectivity index (χ3v) is 3.17. The molecule has 1 nitrogen and oxygen atoms in total. The molecule has 1 aliphatic rings. The summed E-state index contributed by atoms with van der Waals surface area (Å²) >= 11 is 0. The van der Waals surface area contributed by atoms with E-state index in [1.54, 1.807) is 0 Å². The molecule has 0 aliphatic heterocycles. The van der Waals surface area contributed by atoms with Crippen LogP contribution < -0.4 is 0 Å². The van der Waals surface area contributed by atoms with Gasteiger partial charge in [-0.15, -0.1) is 0 Å². The summed E-state index contributed by atoms with van der Waals surface area (Å²) in [6.45, 7) is 4.38. The largest absolute Gasteiger partial charge is 0.299 e. The fourth-order valence-electron chi connectivity index (χ4n) is 2.37. The highest BCUT2D eigenvalue weighted by Gasteiger charge is 2.11. The van der Waals surface area contributed by atoms with E-state index in [0.717, 1.165) is 19.3 Å². The Morgan fingerprint density at radius 2 is 2.27 bits per heavy atom. The van der Waals surface area contributed by atoms with E-state index in [1.165, 1.54) is 37.7 Å². The summed E-state index contributed by atoms with van der Waals surface area (Å²) in [5, 5.41) is 0. The zero-order valence-corrected chi connectivity index (χ0v) is 10.2. The van der Waals surface area contributed by atoms with Gasteiger partial charge in [0.2, 0.25) is 0 Å². The topological polar surface area (TPSA) is 17.1 Å². The monoisotopic (exact) mass is 208 g/mol. The van der Waals surface area contributed by atoms with Crippen LogP contribution in [-0.2, 0) is 4.79 Å². The van der Waals surface area contributed by atoms with Crippen molar-refractivity contribution >= 4 is 5.78 Å². The zero-order chi connectivity index (χ0) is 11.1. The van der Waals surface area contributed by atoms with Crippen LogP contribution in [0.3, 0.4) is 0 Å². The summed E-state index contributed by atoms with van der Waals surface area (Å²) in [7, 11) is 0. The Bertz CT molecular complexity index is 227. The number of carbonyl (C=O) groups excluding carboxylic acids is 1. The molecule has 0 fully saturated rings. The maximum atomic E-state index is 11.8. The predicted molar refractivity (Wildman–Crippen MR) is 64.9 cm³/mol. The minimum Gasteiger partial charge on any atom is -0.299 e. The van der Waals surface area contributed by atoms with Crippen molar-refractivity contribution < 1.29 is 4.79 Å². The molecule has 86 valence electrons. The predicted octanol–water partition coefficient (Wildman–Crippen LogP) is 4.27. The number of hydrogen-bond donors (Lipinski definition) is 0. The first kappa shape index (κ1) is 12.5. The van der Waals surface area contributed by atoms with Crippen molar-refractivity contribution in [2.24, 2.45) is 5.92 Å². The van der Waals surface area contributed by atoms with Gasteiger partial charge in [-0.05, 0) is 31.6 Å². The average molecular weight is 208 g/mol. The van der Waals surface area contributed by atoms with Crippen LogP contribution in [0.25, 0.3) is 0 Å². The normalized spacial score (nSPS) is 18.4. The van der Waals surface area contributed by atoms with Gasteiger partial charge in [0.05, 0.1) is 0 Å². The summed E-state index contributed by atoms with van der Waals surface area (Å²) in [4.78, 5) is 11.8. The summed E-state index contributed by atoms with van der Waals surface area (Å²) in [5.41, 5.74) is 1.40. The van der Waals surface area contributed by atoms with Crippen LogP contribution in [0.1, 0.15) is 65.2 Å². The van der Waals surface area contributed by atoms with Gasteiger partial charge in [-0.2, -0.15) is 0 Å². The molecule has 1 unspecified atom stereocenters. The molecule has 0 heterocycles. The van der Waals surface area contributed by atoms with E-state index in [9.17, 15) is 4.79 Å². The summed E-state index contributed by atoms with van der Waals surface area (Å²) < 4.78 is 0. The fraction of sp³-hybridized carbons (Fsp3) is 0.786. The zero-order valence-electron chi connectivity index (χ0n) is 10.2. The maximum Gasteiger partial charge on any atom is 0.137 e. The van der Waals surface area contributed by atoms with Crippen LogP contribution in [0.15, 0.2) is 11.6 Å². The van der Waals surface area contributed by atoms with Crippen LogP contribution in [0.4, 0.5) is 0 Å². The van der Waals surface area contributed by atoms with Crippen LogP contribution in [-0.4, -0.2) is 5.78 Å². The number of allylic oxidation sites excluding steroid dienone is 2. The lowest BCUT2D eigenvalue weighted by Gasteiger charge is -2.13. The van der Waals surface area contributed by atoms with Crippen molar-refractivity contribution in [3.63, 3.8) is 0 Å². The molecule has 0 spiro atoms. The van der Waals surface area contributed by atoms with Crippen LogP contribution in [0, 0.1) is 5.92 Å². The Labute approximate surface area is 93.9 Å². The Morgan fingerprint density at radius 3 is 2.87 bits per heavy atom. The molecule has 1 rings (SSSR count). The molecule has 15 heavy (non-hydrogen) atoms. The molecule has 1 aliphatic carbocycles. The Morgan fingerprint density at radius 1 is 1.47 bits per heavy atom. The van der Waals surface area contributed by atoms with E-state index in [1.807, 2.05) is 0 Å². The Kier molecular flexibility index (Phi) is 5.67. The quantitative estimate of drug-likeness (QED) is 0.596. The third-order valence-electron chi connectivity index (χ3n) is 3.17. The van der Waals surface area contributed by atoms with Gasteiger partial charge in [0.15, 0.2) is 0 Å². The fourth-order valence-corrected chi connectivity index (χ4v) is 2.37. The van der Waals surface area contributed by atoms with E-state index < -0.39 is 0 Å². The second kappa shape index (κ2) is 6.81. The van der Waals surface area contributed by atoms with Gasteiger partial charge in [-0.3, -0.25) is 4.79 Å². The van der Waals surface area contributed by atoms with Crippen LogP contribution >= 0.6 is 0 Å². The van der Waals surface area contributed by atoms with E-state index in [2.05, 4.69) is 19.9 Å². The minimum atomic E-state index is 0.448. The number of ketones is 1. The van der Waals surface area contributed by atoms with Crippen molar-refractivity contribution in [1.82, 2.24) is 0 Å². The molecule has 0 amide bonds. The number of Topliss-reactive ketones (excluding diaryl/α,β-unsaturated/α-hetero) is 1. The first-order chi connectivity index (χ1) is 7.22. The lowest BCUT2D eigenvalue weighted by atomic mass is 9.92. The van der Waals surface area contributed by atoms with Crippen molar-refractivity contribution in [3.8, 4) is 0 Å². The molecule has 0 N–H and O–H groups in total. The highest BCUT2D eigenvalue weighted by Crippen LogP contribution is 2.22. The van der Waals surface area contributed by atoms with Gasteiger partial charge in [-0.1, -0.05) is 38.3 Å². The van der Waals surface area contributed by atoms with E-state index >= 15 is 0 Å². The van der Waals surface area contributed by atoms with Gasteiger partial charge >= 0.3 is 0 Å². The molecule has 0 saturated carbocycles. The first-order valence-corrected chi connectivity index (χ1v) is 6.42. The SMILES string of the molecule is CCCC(C)CC(=O)CC1=CCCCC1. The molecule has 0 aromatic carbocycles. The highest BCUT2D eigenvalue weighted by molar-refractivity contribution is 5.81. The molecule has 1 atom stereocenters. The number of carbonyl (C=O) groups is 1. The molecule has 0 aromatic heterocycles. The van der Waals surface area contributed by atoms with Crippen molar-refractivity contribution in [1.29, 1.82) is 0 Å². The van der Waals surface area contributed by atoms with Crippen molar-refractivity contribution in [3.05, 3.63) is 11.6 Å². The standard InChI is InChI=1S/C14H24O/c1-3-7-12(2)10-14(15)11-13-8-5-4-6-9-13/h8,12H,3-7,9-11H2,1-2H3. The van der Waals surface area contributed by atoms with Crippen LogP contribution in [0.5, 0.6) is 0 Å². The van der Waals surface area contributed by atoms with Gasteiger partial charge in [-0.25, -0.2) is 0 Å². The lowest BCUT2D eigenvalue weighted by Crippen LogP contribution is -2.07. The molecule has 1 heteroatoms. The molecular weight excluding hydrogens is 184 g/mol. The lowest BCUT2D eigenvalue weighted by molar-refractivity contribution is -0.119. The first-order valence-electron chi connectivity index (χ1n) is 6.42. The maximum absolute atomic E-state index is 11.8. The average Bonchev–Trinajstić information content (AvgIpc) is 2.19. The van der Waals surface area contributed by atoms with E-state index in [4.69, 9.17) is 0 Å². The molecule has 0 saturated heterocycles. The molecular formula is C14H24O. The molecule has 0 radical (unpaired) electrons.